The van der Waals surface area contributed by atoms with Crippen molar-refractivity contribution in [2.45, 2.75) is 19.8 Å². The van der Waals surface area contributed by atoms with Gasteiger partial charge in [0.25, 0.3) is 5.91 Å². The van der Waals surface area contributed by atoms with E-state index in [4.69, 9.17) is 5.73 Å². The smallest absolute Gasteiger partial charge is 0.319 e. The van der Waals surface area contributed by atoms with Crippen molar-refractivity contribution in [3.8, 4) is 11.8 Å². The molecular formula is C14H15N3O2. The van der Waals surface area contributed by atoms with Crippen LogP contribution >= 0.6 is 0 Å². The second kappa shape index (κ2) is 5.44. The molecule has 1 aromatic rings. The summed E-state index contributed by atoms with van der Waals surface area (Å²) in [6, 6.07) is 4.95. The second-order valence-corrected chi connectivity index (χ2v) is 4.23. The molecule has 0 fully saturated rings. The average molecular weight is 257 g/mol. The van der Waals surface area contributed by atoms with Gasteiger partial charge in [0.15, 0.2) is 0 Å². The Morgan fingerprint density at radius 3 is 2.89 bits per heavy atom. The van der Waals surface area contributed by atoms with Gasteiger partial charge in [0.1, 0.15) is 0 Å². The summed E-state index contributed by atoms with van der Waals surface area (Å²) in [5.41, 5.74) is 7.74. The minimum absolute atomic E-state index is 0.355. The fraction of sp³-hybridized carbons (Fsp3) is 0.286. The number of rotatable bonds is 1. The molecule has 1 heterocycles. The van der Waals surface area contributed by atoms with E-state index in [1.165, 1.54) is 4.90 Å². The van der Waals surface area contributed by atoms with Gasteiger partial charge in [-0.2, -0.15) is 0 Å². The van der Waals surface area contributed by atoms with E-state index in [1.54, 1.807) is 19.1 Å². The molecule has 5 heteroatoms. The zero-order valence-corrected chi connectivity index (χ0v) is 10.7. The highest BCUT2D eigenvalue weighted by Gasteiger charge is 2.22. The first kappa shape index (κ1) is 13.0. The monoisotopic (exact) mass is 257 g/mol. The van der Waals surface area contributed by atoms with Crippen LogP contribution < -0.4 is 16.0 Å². The van der Waals surface area contributed by atoms with Crippen LogP contribution in [0.2, 0.25) is 0 Å². The number of carbonyl (C=O) groups excluding carboxylic acids is 2. The molecule has 0 saturated carbocycles. The van der Waals surface area contributed by atoms with Crippen molar-refractivity contribution in [3.63, 3.8) is 0 Å². The molecule has 1 aliphatic heterocycles. The number of amides is 3. The molecule has 0 aromatic heterocycles. The third-order valence-electron chi connectivity index (χ3n) is 3.00. The molecule has 0 aliphatic carbocycles. The number of benzene rings is 1. The van der Waals surface area contributed by atoms with E-state index >= 15 is 0 Å². The highest BCUT2D eigenvalue weighted by molar-refractivity contribution is 6.05. The van der Waals surface area contributed by atoms with Crippen LogP contribution in [0.15, 0.2) is 18.2 Å². The number of urea groups is 1. The van der Waals surface area contributed by atoms with Gasteiger partial charge in [-0.05, 0) is 43.4 Å². The van der Waals surface area contributed by atoms with Crippen LogP contribution in [0.1, 0.15) is 18.9 Å². The number of nitrogens with one attached hydrogen (secondary N) is 1. The Morgan fingerprint density at radius 2 is 2.21 bits per heavy atom. The molecule has 2 rings (SSSR count). The zero-order valence-electron chi connectivity index (χ0n) is 10.7. The Balaban J connectivity index is 2.36. The Bertz CT molecular complexity index is 584. The fourth-order valence-corrected chi connectivity index (χ4v) is 2.24. The predicted molar refractivity (Wildman–Crippen MR) is 73.8 cm³/mol. The largest absolute Gasteiger partial charge is 0.351 e. The molecule has 19 heavy (non-hydrogen) atoms. The van der Waals surface area contributed by atoms with Crippen molar-refractivity contribution in [3.05, 3.63) is 23.8 Å². The molecule has 98 valence electrons. The van der Waals surface area contributed by atoms with E-state index in [2.05, 4.69) is 17.2 Å². The van der Waals surface area contributed by atoms with Crippen LogP contribution in [0.25, 0.3) is 0 Å². The van der Waals surface area contributed by atoms with Gasteiger partial charge in [-0.15, -0.1) is 0 Å². The summed E-state index contributed by atoms with van der Waals surface area (Å²) >= 11 is 0. The van der Waals surface area contributed by atoms with E-state index < -0.39 is 6.03 Å². The van der Waals surface area contributed by atoms with Crippen molar-refractivity contribution in [2.75, 3.05) is 16.8 Å². The first-order valence-electron chi connectivity index (χ1n) is 6.06. The average Bonchev–Trinajstić information content (AvgIpc) is 2.38. The van der Waals surface area contributed by atoms with Gasteiger partial charge >= 0.3 is 6.03 Å². The minimum atomic E-state index is -0.474. The van der Waals surface area contributed by atoms with Crippen LogP contribution in [-0.4, -0.2) is 18.5 Å². The van der Waals surface area contributed by atoms with Crippen molar-refractivity contribution in [1.29, 1.82) is 0 Å². The van der Waals surface area contributed by atoms with Gasteiger partial charge in [-0.1, -0.05) is 12.0 Å². The lowest BCUT2D eigenvalue weighted by atomic mass is 10.00. The van der Waals surface area contributed by atoms with Crippen molar-refractivity contribution in [1.82, 2.24) is 0 Å². The fourth-order valence-electron chi connectivity index (χ4n) is 2.24. The predicted octanol–water partition coefficient (Wildman–Crippen LogP) is 1.48. The van der Waals surface area contributed by atoms with Crippen molar-refractivity contribution >= 4 is 23.3 Å². The Hall–Kier alpha value is -2.48. The van der Waals surface area contributed by atoms with E-state index in [-0.39, 0.29) is 5.91 Å². The normalized spacial score (nSPS) is 13.0. The van der Waals surface area contributed by atoms with Crippen LogP contribution in [-0.2, 0) is 11.2 Å². The molecule has 0 atom stereocenters. The van der Waals surface area contributed by atoms with Gasteiger partial charge in [0.05, 0.1) is 5.69 Å². The summed E-state index contributed by atoms with van der Waals surface area (Å²) in [4.78, 5) is 24.4. The standard InChI is InChI=1S/C14H15N3O2/c1-2-5-13(18)16-11-7-3-8-12-10(11)6-4-9-17(12)14(15)19/h3,7-8H,4,6,9H2,1H3,(H2,15,19)(H,16,18). The molecule has 3 N–H and O–H groups in total. The number of hydrogen-bond acceptors (Lipinski definition) is 2. The first-order chi connectivity index (χ1) is 9.13. The molecule has 1 aromatic carbocycles. The lowest BCUT2D eigenvalue weighted by Gasteiger charge is -2.29. The molecule has 0 unspecified atom stereocenters. The summed E-state index contributed by atoms with van der Waals surface area (Å²) in [6.45, 7) is 2.21. The molecule has 0 spiro atoms. The molecular weight excluding hydrogens is 242 g/mol. The molecule has 3 amide bonds. The highest BCUT2D eigenvalue weighted by Crippen LogP contribution is 2.32. The Kier molecular flexibility index (Phi) is 3.71. The summed E-state index contributed by atoms with van der Waals surface area (Å²) in [6.07, 6.45) is 1.62. The lowest BCUT2D eigenvalue weighted by molar-refractivity contribution is -0.111. The third-order valence-corrected chi connectivity index (χ3v) is 3.00. The number of nitrogens with two attached hydrogens (primary N) is 1. The first-order valence-corrected chi connectivity index (χ1v) is 6.06. The quantitative estimate of drug-likeness (QED) is 0.748. The van der Waals surface area contributed by atoms with Gasteiger partial charge < -0.3 is 11.1 Å². The topological polar surface area (TPSA) is 75.4 Å². The van der Waals surface area contributed by atoms with Gasteiger partial charge in [0, 0.05) is 12.2 Å². The van der Waals surface area contributed by atoms with E-state index in [0.29, 0.717) is 12.2 Å². The number of nitrogens with zero attached hydrogens (tertiary/aromatic N) is 1. The number of primary amides is 1. The van der Waals surface area contributed by atoms with Crippen LogP contribution in [0.4, 0.5) is 16.2 Å². The SMILES string of the molecule is CC#CC(=O)Nc1cccc2c1CCCN2C(N)=O. The maximum absolute atomic E-state index is 11.5. The third kappa shape index (κ3) is 2.68. The van der Waals surface area contributed by atoms with Gasteiger partial charge in [0.2, 0.25) is 0 Å². The summed E-state index contributed by atoms with van der Waals surface area (Å²) in [5, 5.41) is 2.74. The van der Waals surface area contributed by atoms with Gasteiger partial charge in [-0.25, -0.2) is 4.79 Å². The van der Waals surface area contributed by atoms with E-state index in [9.17, 15) is 9.59 Å². The Labute approximate surface area is 111 Å². The van der Waals surface area contributed by atoms with Crippen LogP contribution in [0.3, 0.4) is 0 Å². The van der Waals surface area contributed by atoms with E-state index in [0.717, 1.165) is 24.1 Å². The maximum atomic E-state index is 11.5. The minimum Gasteiger partial charge on any atom is -0.351 e. The van der Waals surface area contributed by atoms with Gasteiger partial charge in [-0.3, -0.25) is 9.69 Å². The van der Waals surface area contributed by atoms with Crippen molar-refractivity contribution < 1.29 is 9.59 Å². The molecule has 1 aliphatic rings. The highest BCUT2D eigenvalue weighted by atomic mass is 16.2. The molecule has 0 saturated heterocycles. The lowest BCUT2D eigenvalue weighted by Crippen LogP contribution is -2.39. The second-order valence-electron chi connectivity index (χ2n) is 4.23. The summed E-state index contributed by atoms with van der Waals surface area (Å²) < 4.78 is 0. The summed E-state index contributed by atoms with van der Waals surface area (Å²) in [7, 11) is 0. The number of fused-ring (bicyclic) bond motifs is 1. The number of anilines is 2. The summed E-state index contributed by atoms with van der Waals surface area (Å²) in [5.74, 6) is 4.62. The molecule has 0 bridgehead atoms. The van der Waals surface area contributed by atoms with E-state index in [1.807, 2.05) is 6.07 Å². The number of carbonyl (C=O) groups is 2. The van der Waals surface area contributed by atoms with Crippen LogP contribution in [0.5, 0.6) is 0 Å². The molecule has 0 radical (unpaired) electrons. The zero-order chi connectivity index (χ0) is 13.8. The molecule has 5 nitrogen and oxygen atoms in total. The van der Waals surface area contributed by atoms with Crippen molar-refractivity contribution in [2.24, 2.45) is 5.73 Å². The Morgan fingerprint density at radius 1 is 1.42 bits per heavy atom. The van der Waals surface area contributed by atoms with Crippen LogP contribution in [0, 0.1) is 11.8 Å². The maximum Gasteiger partial charge on any atom is 0.319 e. The number of hydrogen-bond donors (Lipinski definition) is 2.